The Bertz CT molecular complexity index is 628. The fourth-order valence-corrected chi connectivity index (χ4v) is 2.30. The number of likely N-dealkylation sites (N-methyl/N-ethyl adjacent to an activating group) is 1. The van der Waals surface area contributed by atoms with E-state index in [2.05, 4.69) is 10.00 Å². The summed E-state index contributed by atoms with van der Waals surface area (Å²) < 4.78 is 1.53. The van der Waals surface area contributed by atoms with Gasteiger partial charge in [0, 0.05) is 18.5 Å². The first-order valence-electron chi connectivity index (χ1n) is 5.62. The molecule has 2 heterocycles. The summed E-state index contributed by atoms with van der Waals surface area (Å²) in [5, 5.41) is 5.60. The molecule has 0 bridgehead atoms. The van der Waals surface area contributed by atoms with Crippen LogP contribution in [0.4, 0.5) is 5.82 Å². The highest BCUT2D eigenvalue weighted by Crippen LogP contribution is 2.20. The minimum absolute atomic E-state index is 0.0482. The van der Waals surface area contributed by atoms with Gasteiger partial charge in [0.05, 0.1) is 11.4 Å². The molecule has 0 unspecified atom stereocenters. The Hall–Kier alpha value is -1.88. The molecule has 1 aliphatic heterocycles. The molecule has 1 saturated heterocycles. The molecule has 0 radical (unpaired) electrons. The van der Waals surface area contributed by atoms with Crippen LogP contribution in [-0.2, 0) is 0 Å². The number of anilines is 1. The number of rotatable bonds is 1. The van der Waals surface area contributed by atoms with Gasteiger partial charge in [0.15, 0.2) is 5.82 Å². The van der Waals surface area contributed by atoms with Gasteiger partial charge < -0.3 is 10.6 Å². The van der Waals surface area contributed by atoms with Gasteiger partial charge in [-0.15, -0.1) is 0 Å². The zero-order valence-electron chi connectivity index (χ0n) is 9.63. The van der Waals surface area contributed by atoms with Crippen LogP contribution in [0.5, 0.6) is 0 Å². The van der Waals surface area contributed by atoms with E-state index in [-0.39, 0.29) is 11.6 Å². The molecule has 3 rings (SSSR count). The standard InChI is InChI=1S/C12H14N4O/c1-15-6-8(7-15)16-12(17)10-5-3-2-4-9(10)11(13)14-16/h2-5,8H,6-7H2,1H3,(H2,13,14). The van der Waals surface area contributed by atoms with Crippen molar-refractivity contribution in [3.63, 3.8) is 0 Å². The Balaban J connectivity index is 2.21. The minimum atomic E-state index is -0.0482. The highest BCUT2D eigenvalue weighted by molar-refractivity contribution is 5.89. The summed E-state index contributed by atoms with van der Waals surface area (Å²) in [6.07, 6.45) is 0. The van der Waals surface area contributed by atoms with Crippen LogP contribution in [0, 0.1) is 0 Å². The number of nitrogens with zero attached hydrogens (tertiary/aromatic N) is 3. The van der Waals surface area contributed by atoms with Crippen molar-refractivity contribution in [3.8, 4) is 0 Å². The van der Waals surface area contributed by atoms with Crippen molar-refractivity contribution in [2.75, 3.05) is 25.9 Å². The lowest BCUT2D eigenvalue weighted by atomic mass is 10.1. The second-order valence-corrected chi connectivity index (χ2v) is 4.56. The molecule has 1 aromatic carbocycles. The molecule has 1 fully saturated rings. The fourth-order valence-electron chi connectivity index (χ4n) is 2.30. The van der Waals surface area contributed by atoms with Crippen LogP contribution in [0.2, 0.25) is 0 Å². The summed E-state index contributed by atoms with van der Waals surface area (Å²) in [6, 6.07) is 7.49. The van der Waals surface area contributed by atoms with Gasteiger partial charge >= 0.3 is 0 Å². The van der Waals surface area contributed by atoms with E-state index in [4.69, 9.17) is 5.73 Å². The van der Waals surface area contributed by atoms with Crippen LogP contribution >= 0.6 is 0 Å². The summed E-state index contributed by atoms with van der Waals surface area (Å²) in [6.45, 7) is 1.70. The first-order valence-corrected chi connectivity index (χ1v) is 5.62. The third kappa shape index (κ3) is 1.51. The van der Waals surface area contributed by atoms with Crippen molar-refractivity contribution in [3.05, 3.63) is 34.6 Å². The monoisotopic (exact) mass is 230 g/mol. The summed E-state index contributed by atoms with van der Waals surface area (Å²) in [4.78, 5) is 14.4. The van der Waals surface area contributed by atoms with E-state index in [1.165, 1.54) is 4.68 Å². The second-order valence-electron chi connectivity index (χ2n) is 4.56. The molecule has 88 valence electrons. The summed E-state index contributed by atoms with van der Waals surface area (Å²) >= 11 is 0. The van der Waals surface area contributed by atoms with Crippen LogP contribution in [0.25, 0.3) is 10.8 Å². The maximum Gasteiger partial charge on any atom is 0.275 e. The number of aromatic nitrogens is 2. The quantitative estimate of drug-likeness (QED) is 0.773. The van der Waals surface area contributed by atoms with Gasteiger partial charge in [-0.2, -0.15) is 5.10 Å². The molecule has 1 aliphatic rings. The SMILES string of the molecule is CN1CC(n2nc(N)c3ccccc3c2=O)C1. The predicted molar refractivity (Wildman–Crippen MR) is 66.9 cm³/mol. The lowest BCUT2D eigenvalue weighted by molar-refractivity contribution is 0.127. The smallest absolute Gasteiger partial charge is 0.275 e. The zero-order chi connectivity index (χ0) is 12.0. The Kier molecular flexibility index (Phi) is 2.16. The molecule has 0 spiro atoms. The van der Waals surface area contributed by atoms with Gasteiger partial charge in [0.1, 0.15) is 0 Å². The number of hydrogen-bond donors (Lipinski definition) is 1. The van der Waals surface area contributed by atoms with E-state index >= 15 is 0 Å². The molecule has 0 atom stereocenters. The molecule has 5 nitrogen and oxygen atoms in total. The van der Waals surface area contributed by atoms with Crippen LogP contribution in [0.3, 0.4) is 0 Å². The molecule has 2 aromatic rings. The minimum Gasteiger partial charge on any atom is -0.382 e. The number of fused-ring (bicyclic) bond motifs is 1. The number of nitrogens with two attached hydrogens (primary N) is 1. The maximum absolute atomic E-state index is 12.2. The lowest BCUT2D eigenvalue weighted by Gasteiger charge is -2.36. The van der Waals surface area contributed by atoms with E-state index in [0.717, 1.165) is 18.5 Å². The fraction of sp³-hybridized carbons (Fsp3) is 0.333. The van der Waals surface area contributed by atoms with E-state index in [0.29, 0.717) is 11.2 Å². The third-order valence-electron chi connectivity index (χ3n) is 3.25. The molecular weight excluding hydrogens is 216 g/mol. The first kappa shape index (κ1) is 10.3. The Labute approximate surface area is 98.4 Å². The van der Waals surface area contributed by atoms with Gasteiger partial charge in [-0.1, -0.05) is 18.2 Å². The topological polar surface area (TPSA) is 64.2 Å². The normalized spacial score (nSPS) is 17.2. The van der Waals surface area contributed by atoms with E-state index in [9.17, 15) is 4.79 Å². The molecule has 1 aromatic heterocycles. The van der Waals surface area contributed by atoms with E-state index in [1.807, 2.05) is 25.2 Å². The molecule has 0 saturated carbocycles. The third-order valence-corrected chi connectivity index (χ3v) is 3.25. The average molecular weight is 230 g/mol. The summed E-state index contributed by atoms with van der Waals surface area (Å²) in [5.74, 6) is 0.426. The van der Waals surface area contributed by atoms with Crippen molar-refractivity contribution in [2.24, 2.45) is 0 Å². The number of likely N-dealkylation sites (tertiary alicyclic amines) is 1. The summed E-state index contributed by atoms with van der Waals surface area (Å²) in [7, 11) is 2.02. The van der Waals surface area contributed by atoms with Crippen LogP contribution in [0.1, 0.15) is 6.04 Å². The van der Waals surface area contributed by atoms with Gasteiger partial charge in [-0.05, 0) is 13.1 Å². The highest BCUT2D eigenvalue weighted by Gasteiger charge is 2.27. The Morgan fingerprint density at radius 2 is 1.94 bits per heavy atom. The average Bonchev–Trinajstić information content (AvgIpc) is 2.30. The van der Waals surface area contributed by atoms with Gasteiger partial charge in [0.2, 0.25) is 0 Å². The van der Waals surface area contributed by atoms with Crippen molar-refractivity contribution in [1.29, 1.82) is 0 Å². The summed E-state index contributed by atoms with van der Waals surface area (Å²) in [5.41, 5.74) is 5.84. The molecule has 0 aliphatic carbocycles. The largest absolute Gasteiger partial charge is 0.382 e. The number of nitrogen functional groups attached to an aromatic ring is 1. The molecule has 0 amide bonds. The molecule has 2 N–H and O–H groups in total. The molecular formula is C12H14N4O. The number of hydrogen-bond acceptors (Lipinski definition) is 4. The van der Waals surface area contributed by atoms with E-state index in [1.54, 1.807) is 6.07 Å². The van der Waals surface area contributed by atoms with Crippen molar-refractivity contribution >= 4 is 16.6 Å². The molecule has 17 heavy (non-hydrogen) atoms. The van der Waals surface area contributed by atoms with Crippen molar-refractivity contribution in [2.45, 2.75) is 6.04 Å². The van der Waals surface area contributed by atoms with Crippen LogP contribution in [0.15, 0.2) is 29.1 Å². The van der Waals surface area contributed by atoms with Crippen LogP contribution in [-0.4, -0.2) is 34.8 Å². The second kappa shape index (κ2) is 3.56. The van der Waals surface area contributed by atoms with Gasteiger partial charge in [-0.3, -0.25) is 4.79 Å². The molecule has 5 heteroatoms. The highest BCUT2D eigenvalue weighted by atomic mass is 16.1. The van der Waals surface area contributed by atoms with E-state index < -0.39 is 0 Å². The zero-order valence-corrected chi connectivity index (χ0v) is 9.63. The van der Waals surface area contributed by atoms with Crippen molar-refractivity contribution in [1.82, 2.24) is 14.7 Å². The van der Waals surface area contributed by atoms with Crippen LogP contribution < -0.4 is 11.3 Å². The van der Waals surface area contributed by atoms with Crippen molar-refractivity contribution < 1.29 is 0 Å². The van der Waals surface area contributed by atoms with Gasteiger partial charge in [-0.25, -0.2) is 4.68 Å². The first-order chi connectivity index (χ1) is 8.16. The maximum atomic E-state index is 12.2. The number of benzene rings is 1. The Morgan fingerprint density at radius 1 is 1.29 bits per heavy atom. The predicted octanol–water partition coefficient (Wildman–Crippen LogP) is 0.465. The lowest BCUT2D eigenvalue weighted by Crippen LogP contribution is -2.49. The Morgan fingerprint density at radius 3 is 2.59 bits per heavy atom. The van der Waals surface area contributed by atoms with Gasteiger partial charge in [0.25, 0.3) is 5.56 Å².